The number of carbonyl (C=O) groups is 1. The van der Waals surface area contributed by atoms with Crippen molar-refractivity contribution < 1.29 is 9.53 Å². The molecule has 1 atom stereocenters. The number of aryl methyl sites for hydroxylation is 1. The summed E-state index contributed by atoms with van der Waals surface area (Å²) in [5.74, 6) is 2.43. The highest BCUT2D eigenvalue weighted by molar-refractivity contribution is 5.80. The Hall–Kier alpha value is -2.28. The molecule has 2 aliphatic rings. The van der Waals surface area contributed by atoms with Gasteiger partial charge in [0, 0.05) is 51.7 Å². The second-order valence-corrected chi connectivity index (χ2v) is 8.64. The van der Waals surface area contributed by atoms with E-state index in [0.29, 0.717) is 18.4 Å². The number of amides is 1. The third-order valence-electron chi connectivity index (χ3n) is 6.13. The average molecular weight is 430 g/mol. The van der Waals surface area contributed by atoms with E-state index in [0.717, 1.165) is 75.9 Å². The van der Waals surface area contributed by atoms with Crippen LogP contribution in [0.25, 0.3) is 0 Å². The normalized spacial score (nSPS) is 18.9. The lowest BCUT2D eigenvalue weighted by molar-refractivity contribution is -0.139. The molecule has 7 heteroatoms. The van der Waals surface area contributed by atoms with Crippen molar-refractivity contribution in [3.05, 3.63) is 29.8 Å². The van der Waals surface area contributed by atoms with Gasteiger partial charge in [-0.25, -0.2) is 4.99 Å². The van der Waals surface area contributed by atoms with Crippen molar-refractivity contribution in [2.24, 2.45) is 10.9 Å². The molecular weight excluding hydrogens is 390 g/mol. The Labute approximate surface area is 187 Å². The number of hydrogen-bond donors (Lipinski definition) is 2. The van der Waals surface area contributed by atoms with Gasteiger partial charge in [-0.1, -0.05) is 24.6 Å². The smallest absolute Gasteiger partial charge is 0.225 e. The van der Waals surface area contributed by atoms with Crippen LogP contribution >= 0.6 is 0 Å². The zero-order valence-electron chi connectivity index (χ0n) is 19.4. The van der Waals surface area contributed by atoms with Crippen LogP contribution in [0, 0.1) is 12.8 Å². The molecule has 0 aromatic heterocycles. The minimum Gasteiger partial charge on any atom is -0.489 e. The number of piperazine rings is 1. The molecule has 0 spiro atoms. The van der Waals surface area contributed by atoms with Gasteiger partial charge in [0.25, 0.3) is 0 Å². The Bertz CT molecular complexity index is 726. The second kappa shape index (κ2) is 11.9. The standard InChI is InChI=1S/C24H39N5O2/c1-4-25-24(27-18-20(3)31-22-11-6-5-8-19(22)2)26-12-13-28-14-16-29(17-15-28)23(30)21-9-7-10-21/h5-6,8,11,20-21H,4,7,9-10,12-18H2,1-3H3,(H2,25,26,27). The lowest BCUT2D eigenvalue weighted by Gasteiger charge is -2.38. The molecule has 2 N–H and O–H groups in total. The fraction of sp³-hybridized carbons (Fsp3) is 0.667. The van der Waals surface area contributed by atoms with E-state index in [4.69, 9.17) is 9.73 Å². The molecule has 3 rings (SSSR count). The monoisotopic (exact) mass is 429 g/mol. The molecule has 1 aromatic rings. The number of aliphatic imine (C=N–C) groups is 1. The lowest BCUT2D eigenvalue weighted by atomic mass is 9.84. The van der Waals surface area contributed by atoms with Crippen LogP contribution in [-0.4, -0.2) is 80.1 Å². The van der Waals surface area contributed by atoms with Crippen molar-refractivity contribution >= 4 is 11.9 Å². The highest BCUT2D eigenvalue weighted by Crippen LogP contribution is 2.28. The summed E-state index contributed by atoms with van der Waals surface area (Å²) < 4.78 is 6.03. The average Bonchev–Trinajstić information content (AvgIpc) is 2.73. The Kier molecular flexibility index (Phi) is 9.00. The molecular formula is C24H39N5O2. The fourth-order valence-electron chi connectivity index (χ4n) is 3.94. The number of benzene rings is 1. The molecule has 1 aromatic carbocycles. The number of nitrogens with zero attached hydrogens (tertiary/aromatic N) is 3. The van der Waals surface area contributed by atoms with Crippen LogP contribution in [-0.2, 0) is 4.79 Å². The predicted molar refractivity (Wildman–Crippen MR) is 126 cm³/mol. The Morgan fingerprint density at radius 1 is 1.19 bits per heavy atom. The molecule has 0 bridgehead atoms. The van der Waals surface area contributed by atoms with E-state index in [9.17, 15) is 4.79 Å². The van der Waals surface area contributed by atoms with Crippen LogP contribution in [0.2, 0.25) is 0 Å². The van der Waals surface area contributed by atoms with Crippen LogP contribution < -0.4 is 15.4 Å². The van der Waals surface area contributed by atoms with Crippen molar-refractivity contribution in [1.82, 2.24) is 20.4 Å². The Morgan fingerprint density at radius 2 is 1.94 bits per heavy atom. The summed E-state index contributed by atoms with van der Waals surface area (Å²) in [6, 6.07) is 8.07. The first-order valence-electron chi connectivity index (χ1n) is 11.8. The molecule has 31 heavy (non-hydrogen) atoms. The van der Waals surface area contributed by atoms with Crippen molar-refractivity contribution in [3.8, 4) is 5.75 Å². The van der Waals surface area contributed by atoms with Crippen molar-refractivity contribution in [1.29, 1.82) is 0 Å². The van der Waals surface area contributed by atoms with Gasteiger partial charge in [-0.15, -0.1) is 0 Å². The number of carbonyl (C=O) groups excluding carboxylic acids is 1. The summed E-state index contributed by atoms with van der Waals surface area (Å²) in [5.41, 5.74) is 1.14. The summed E-state index contributed by atoms with van der Waals surface area (Å²) in [7, 11) is 0. The zero-order chi connectivity index (χ0) is 22.1. The van der Waals surface area contributed by atoms with E-state index >= 15 is 0 Å². The number of nitrogens with one attached hydrogen (secondary N) is 2. The summed E-state index contributed by atoms with van der Waals surface area (Å²) >= 11 is 0. The zero-order valence-corrected chi connectivity index (χ0v) is 19.4. The first-order valence-corrected chi connectivity index (χ1v) is 11.8. The molecule has 0 radical (unpaired) electrons. The predicted octanol–water partition coefficient (Wildman–Crippen LogP) is 2.26. The van der Waals surface area contributed by atoms with Gasteiger partial charge in [-0.3, -0.25) is 9.69 Å². The van der Waals surface area contributed by atoms with Gasteiger partial charge in [-0.2, -0.15) is 0 Å². The van der Waals surface area contributed by atoms with E-state index in [1.165, 1.54) is 6.42 Å². The molecule has 1 saturated heterocycles. The number of guanidine groups is 1. The molecule has 1 heterocycles. The third-order valence-corrected chi connectivity index (χ3v) is 6.13. The van der Waals surface area contributed by atoms with Crippen LogP contribution in [0.15, 0.2) is 29.3 Å². The highest BCUT2D eigenvalue weighted by atomic mass is 16.5. The highest BCUT2D eigenvalue weighted by Gasteiger charge is 2.30. The van der Waals surface area contributed by atoms with E-state index < -0.39 is 0 Å². The Morgan fingerprint density at radius 3 is 2.58 bits per heavy atom. The molecule has 1 aliphatic heterocycles. The Balaban J connectivity index is 1.37. The van der Waals surface area contributed by atoms with E-state index in [1.807, 2.05) is 25.1 Å². The van der Waals surface area contributed by atoms with E-state index in [1.54, 1.807) is 0 Å². The number of rotatable bonds is 9. The fourth-order valence-corrected chi connectivity index (χ4v) is 3.94. The summed E-state index contributed by atoms with van der Waals surface area (Å²) in [6.07, 6.45) is 3.39. The van der Waals surface area contributed by atoms with Gasteiger partial charge in [0.2, 0.25) is 5.91 Å². The van der Waals surface area contributed by atoms with Gasteiger partial charge in [0.1, 0.15) is 11.9 Å². The molecule has 2 fully saturated rings. The maximum Gasteiger partial charge on any atom is 0.225 e. The number of ether oxygens (including phenoxy) is 1. The molecule has 1 saturated carbocycles. The quantitative estimate of drug-likeness (QED) is 0.466. The summed E-state index contributed by atoms with van der Waals surface area (Å²) in [4.78, 5) is 21.6. The van der Waals surface area contributed by atoms with Gasteiger partial charge in [0.05, 0.1) is 6.54 Å². The van der Waals surface area contributed by atoms with Crippen molar-refractivity contribution in [2.45, 2.75) is 46.1 Å². The maximum atomic E-state index is 12.4. The molecule has 1 amide bonds. The first kappa shape index (κ1) is 23.4. The molecule has 172 valence electrons. The molecule has 1 unspecified atom stereocenters. The van der Waals surface area contributed by atoms with Gasteiger partial charge in [0.15, 0.2) is 5.96 Å². The lowest BCUT2D eigenvalue weighted by Crippen LogP contribution is -2.52. The topological polar surface area (TPSA) is 69.2 Å². The van der Waals surface area contributed by atoms with Crippen molar-refractivity contribution in [3.63, 3.8) is 0 Å². The maximum absolute atomic E-state index is 12.4. The largest absolute Gasteiger partial charge is 0.489 e. The van der Waals surface area contributed by atoms with Crippen LogP contribution in [0.5, 0.6) is 5.75 Å². The second-order valence-electron chi connectivity index (χ2n) is 8.64. The van der Waals surface area contributed by atoms with Gasteiger partial charge >= 0.3 is 0 Å². The van der Waals surface area contributed by atoms with Crippen molar-refractivity contribution in [2.75, 3.05) is 52.4 Å². The third kappa shape index (κ3) is 7.13. The van der Waals surface area contributed by atoms with Crippen LogP contribution in [0.1, 0.15) is 38.7 Å². The van der Waals surface area contributed by atoms with Crippen LogP contribution in [0.4, 0.5) is 0 Å². The van der Waals surface area contributed by atoms with Crippen LogP contribution in [0.3, 0.4) is 0 Å². The number of para-hydroxylation sites is 1. The summed E-state index contributed by atoms with van der Waals surface area (Å²) in [5, 5.41) is 6.74. The van der Waals surface area contributed by atoms with Gasteiger partial charge in [-0.05, 0) is 45.2 Å². The van der Waals surface area contributed by atoms with E-state index in [2.05, 4.69) is 40.3 Å². The van der Waals surface area contributed by atoms with Gasteiger partial charge < -0.3 is 20.3 Å². The molecule has 1 aliphatic carbocycles. The number of hydrogen-bond acceptors (Lipinski definition) is 4. The minimum absolute atomic E-state index is 0.00200. The minimum atomic E-state index is -0.00200. The summed E-state index contributed by atoms with van der Waals surface area (Å²) in [6.45, 7) is 13.0. The first-order chi connectivity index (χ1) is 15.1. The SMILES string of the molecule is CCNC(=NCC(C)Oc1ccccc1C)NCCN1CCN(C(=O)C2CCC2)CC1. The molecule has 7 nitrogen and oxygen atoms in total. The van der Waals surface area contributed by atoms with E-state index in [-0.39, 0.29) is 6.10 Å².